The van der Waals surface area contributed by atoms with Crippen molar-refractivity contribution >= 4 is 17.5 Å². The van der Waals surface area contributed by atoms with Gasteiger partial charge in [0.2, 0.25) is 0 Å². The number of rotatable bonds is 7. The van der Waals surface area contributed by atoms with E-state index in [1.165, 1.54) is 12.3 Å². The lowest BCUT2D eigenvalue weighted by Crippen LogP contribution is -2.24. The van der Waals surface area contributed by atoms with E-state index < -0.39 is 0 Å². The predicted molar refractivity (Wildman–Crippen MR) is 105 cm³/mol. The third-order valence-corrected chi connectivity index (χ3v) is 3.89. The van der Waals surface area contributed by atoms with Gasteiger partial charge in [-0.05, 0) is 48.9 Å². The first-order valence-corrected chi connectivity index (χ1v) is 8.83. The standard InChI is InChI=1S/C21H20N4O3/c1-2-28-19-6-4-3-5-17(19)25-20(26)16-9-12-23-18(13-16)21(27)24-14-15-7-10-22-11-8-15/h3-13H,2,14H2,1H3,(H,24,27)(H,25,26). The van der Waals surface area contributed by atoms with Crippen molar-refractivity contribution < 1.29 is 14.3 Å². The monoisotopic (exact) mass is 376 g/mol. The van der Waals surface area contributed by atoms with Gasteiger partial charge >= 0.3 is 0 Å². The molecule has 3 aromatic rings. The van der Waals surface area contributed by atoms with Crippen molar-refractivity contribution in [1.29, 1.82) is 0 Å². The molecule has 2 aromatic heterocycles. The SMILES string of the molecule is CCOc1ccccc1NC(=O)c1ccnc(C(=O)NCc2ccncc2)c1. The van der Waals surface area contributed by atoms with E-state index in [1.54, 1.807) is 30.6 Å². The number of amides is 2. The molecule has 0 atom stereocenters. The number of carbonyl (C=O) groups is 2. The molecular weight excluding hydrogens is 356 g/mol. The van der Waals surface area contributed by atoms with Gasteiger partial charge in [-0.25, -0.2) is 0 Å². The number of anilines is 1. The molecule has 142 valence electrons. The first kappa shape index (κ1) is 19.0. The fraction of sp³-hybridized carbons (Fsp3) is 0.143. The van der Waals surface area contributed by atoms with E-state index in [4.69, 9.17) is 4.74 Å². The van der Waals surface area contributed by atoms with Crippen LogP contribution >= 0.6 is 0 Å². The molecule has 7 heteroatoms. The fourth-order valence-corrected chi connectivity index (χ4v) is 2.52. The number of carbonyl (C=O) groups excluding carboxylic acids is 2. The molecule has 3 rings (SSSR count). The van der Waals surface area contributed by atoms with Gasteiger partial charge in [0.25, 0.3) is 11.8 Å². The highest BCUT2D eigenvalue weighted by Gasteiger charge is 2.13. The van der Waals surface area contributed by atoms with Crippen LogP contribution in [0.4, 0.5) is 5.69 Å². The van der Waals surface area contributed by atoms with E-state index in [2.05, 4.69) is 20.6 Å². The molecule has 0 unspecified atom stereocenters. The van der Waals surface area contributed by atoms with Crippen LogP contribution in [0.15, 0.2) is 67.1 Å². The summed E-state index contributed by atoms with van der Waals surface area (Å²) in [6, 6.07) is 13.8. The van der Waals surface area contributed by atoms with Gasteiger partial charge in [-0.1, -0.05) is 12.1 Å². The van der Waals surface area contributed by atoms with Crippen molar-refractivity contribution in [3.8, 4) is 5.75 Å². The van der Waals surface area contributed by atoms with Crippen LogP contribution in [-0.4, -0.2) is 28.4 Å². The fourth-order valence-electron chi connectivity index (χ4n) is 2.52. The molecular formula is C21H20N4O3. The maximum Gasteiger partial charge on any atom is 0.270 e. The van der Waals surface area contributed by atoms with Crippen molar-refractivity contribution in [2.45, 2.75) is 13.5 Å². The number of pyridine rings is 2. The topological polar surface area (TPSA) is 93.2 Å². The lowest BCUT2D eigenvalue weighted by atomic mass is 10.2. The molecule has 0 radical (unpaired) electrons. The number of benzene rings is 1. The van der Waals surface area contributed by atoms with E-state index in [-0.39, 0.29) is 17.5 Å². The number of nitrogens with one attached hydrogen (secondary N) is 2. The zero-order valence-electron chi connectivity index (χ0n) is 15.4. The third kappa shape index (κ3) is 4.91. The van der Waals surface area contributed by atoms with E-state index in [9.17, 15) is 9.59 Å². The first-order chi connectivity index (χ1) is 13.7. The van der Waals surface area contributed by atoms with Crippen molar-refractivity contribution in [3.63, 3.8) is 0 Å². The smallest absolute Gasteiger partial charge is 0.270 e. The summed E-state index contributed by atoms with van der Waals surface area (Å²) in [4.78, 5) is 32.9. The number of hydrogen-bond donors (Lipinski definition) is 2. The summed E-state index contributed by atoms with van der Waals surface area (Å²) in [6.07, 6.45) is 4.75. The van der Waals surface area contributed by atoms with Gasteiger partial charge in [-0.2, -0.15) is 0 Å². The van der Waals surface area contributed by atoms with Gasteiger partial charge in [0, 0.05) is 30.7 Å². The van der Waals surface area contributed by atoms with E-state index >= 15 is 0 Å². The van der Waals surface area contributed by atoms with Crippen LogP contribution in [0.5, 0.6) is 5.75 Å². The van der Waals surface area contributed by atoms with Crippen LogP contribution in [0.2, 0.25) is 0 Å². The number of para-hydroxylation sites is 2. The molecule has 0 spiro atoms. The van der Waals surface area contributed by atoms with Gasteiger partial charge in [0.05, 0.1) is 12.3 Å². The molecule has 28 heavy (non-hydrogen) atoms. The highest BCUT2D eigenvalue weighted by Crippen LogP contribution is 2.24. The van der Waals surface area contributed by atoms with Gasteiger partial charge in [-0.3, -0.25) is 19.6 Å². The Labute approximate surface area is 162 Å². The summed E-state index contributed by atoms with van der Waals surface area (Å²) in [5, 5.41) is 5.58. The van der Waals surface area contributed by atoms with Crippen molar-refractivity contribution in [2.24, 2.45) is 0 Å². The Bertz CT molecular complexity index is 961. The van der Waals surface area contributed by atoms with Crippen molar-refractivity contribution in [3.05, 3.63) is 83.9 Å². The number of nitrogens with zero attached hydrogens (tertiary/aromatic N) is 2. The molecule has 1 aromatic carbocycles. The van der Waals surface area contributed by atoms with E-state index in [0.29, 0.717) is 30.2 Å². The van der Waals surface area contributed by atoms with E-state index in [1.807, 2.05) is 31.2 Å². The Morgan fingerprint density at radius 1 is 1.00 bits per heavy atom. The van der Waals surface area contributed by atoms with Gasteiger partial charge in [0.1, 0.15) is 11.4 Å². The summed E-state index contributed by atoms with van der Waals surface area (Å²) < 4.78 is 5.51. The summed E-state index contributed by atoms with van der Waals surface area (Å²) in [5.41, 5.74) is 1.98. The van der Waals surface area contributed by atoms with Gasteiger partial charge in [0.15, 0.2) is 0 Å². The Balaban J connectivity index is 1.68. The second-order valence-corrected chi connectivity index (χ2v) is 5.85. The summed E-state index contributed by atoms with van der Waals surface area (Å²) >= 11 is 0. The molecule has 0 bridgehead atoms. The number of aromatic nitrogens is 2. The predicted octanol–water partition coefficient (Wildman–Crippen LogP) is 3.06. The number of hydrogen-bond acceptors (Lipinski definition) is 5. The molecule has 2 amide bonds. The average Bonchev–Trinajstić information content (AvgIpc) is 2.74. The molecule has 0 fully saturated rings. The highest BCUT2D eigenvalue weighted by molar-refractivity contribution is 6.06. The number of ether oxygens (including phenoxy) is 1. The quantitative estimate of drug-likeness (QED) is 0.661. The molecule has 7 nitrogen and oxygen atoms in total. The van der Waals surface area contributed by atoms with Crippen LogP contribution in [0.3, 0.4) is 0 Å². The van der Waals surface area contributed by atoms with Crippen LogP contribution in [0.1, 0.15) is 33.3 Å². The normalized spacial score (nSPS) is 10.2. The zero-order chi connectivity index (χ0) is 19.8. The van der Waals surface area contributed by atoms with Crippen LogP contribution in [0.25, 0.3) is 0 Å². The lowest BCUT2D eigenvalue weighted by molar-refractivity contribution is 0.0946. The minimum absolute atomic E-state index is 0.166. The van der Waals surface area contributed by atoms with Crippen molar-refractivity contribution in [1.82, 2.24) is 15.3 Å². The van der Waals surface area contributed by atoms with Crippen LogP contribution < -0.4 is 15.4 Å². The van der Waals surface area contributed by atoms with Gasteiger partial charge in [-0.15, -0.1) is 0 Å². The second kappa shape index (κ2) is 9.27. The average molecular weight is 376 g/mol. The molecule has 0 saturated carbocycles. The van der Waals surface area contributed by atoms with Crippen molar-refractivity contribution in [2.75, 3.05) is 11.9 Å². The summed E-state index contributed by atoms with van der Waals surface area (Å²) in [6.45, 7) is 2.71. The van der Waals surface area contributed by atoms with Crippen LogP contribution in [0, 0.1) is 0 Å². The third-order valence-electron chi connectivity index (χ3n) is 3.89. The maximum atomic E-state index is 12.6. The highest BCUT2D eigenvalue weighted by atomic mass is 16.5. The largest absolute Gasteiger partial charge is 0.492 e. The van der Waals surface area contributed by atoms with Gasteiger partial charge < -0.3 is 15.4 Å². The minimum Gasteiger partial charge on any atom is -0.492 e. The Hall–Kier alpha value is -3.74. The summed E-state index contributed by atoms with van der Waals surface area (Å²) in [5.74, 6) is -0.123. The molecule has 0 aliphatic rings. The van der Waals surface area contributed by atoms with E-state index in [0.717, 1.165) is 5.56 Å². The molecule has 2 N–H and O–H groups in total. The second-order valence-electron chi connectivity index (χ2n) is 5.85. The molecule has 0 aliphatic heterocycles. The first-order valence-electron chi connectivity index (χ1n) is 8.83. The Kier molecular flexibility index (Phi) is 6.30. The van der Waals surface area contributed by atoms with Crippen LogP contribution in [-0.2, 0) is 6.54 Å². The maximum absolute atomic E-state index is 12.6. The molecule has 0 saturated heterocycles. The zero-order valence-corrected chi connectivity index (χ0v) is 15.4. The summed E-state index contributed by atoms with van der Waals surface area (Å²) in [7, 11) is 0. The Morgan fingerprint density at radius 3 is 2.57 bits per heavy atom. The molecule has 0 aliphatic carbocycles. The minimum atomic E-state index is -0.360. The Morgan fingerprint density at radius 2 is 1.79 bits per heavy atom. The molecule has 2 heterocycles. The lowest BCUT2D eigenvalue weighted by Gasteiger charge is -2.11.